The maximum Gasteiger partial charge on any atom is 0.334 e. The number of carbonyl (C=O) groups is 1. The minimum Gasteiger partial charge on any atom is -0.497 e. The van der Waals surface area contributed by atoms with E-state index in [0.717, 1.165) is 5.56 Å². The summed E-state index contributed by atoms with van der Waals surface area (Å²) >= 11 is 0. The quantitative estimate of drug-likeness (QED) is 0.372. The van der Waals surface area contributed by atoms with Crippen LogP contribution in [0.15, 0.2) is 60.7 Å². The van der Waals surface area contributed by atoms with Crippen LogP contribution in [0.25, 0.3) is 0 Å². The number of benzene rings is 2. The molecule has 0 radical (unpaired) electrons. The van der Waals surface area contributed by atoms with Gasteiger partial charge in [0.15, 0.2) is 0 Å². The molecule has 6 nitrogen and oxygen atoms in total. The molecule has 1 fully saturated rings. The number of methoxy groups -OCH3 is 1. The molecule has 3 rings (SSSR count). The number of hydrogen-bond acceptors (Lipinski definition) is 5. The first-order chi connectivity index (χ1) is 11.5. The minimum absolute atomic E-state index is 0.0112. The normalized spacial score (nSPS) is 19.9. The van der Waals surface area contributed by atoms with Gasteiger partial charge >= 0.3 is 5.97 Å². The van der Waals surface area contributed by atoms with Crippen molar-refractivity contribution in [2.45, 2.75) is 12.0 Å². The lowest BCUT2D eigenvalue weighted by Crippen LogP contribution is -2.07. The molecule has 1 saturated heterocycles. The Hall–Kier alpha value is -3.15. The van der Waals surface area contributed by atoms with Crippen LogP contribution >= 0.6 is 0 Å². The molecule has 122 valence electrons. The third-order valence-corrected chi connectivity index (χ3v) is 4.08. The SMILES string of the molecule is C=C1C(=O)O[C@@H](c2ccc([N+](=O)[O-])cc2)[C@H]1c1ccc(OC)cc1. The third kappa shape index (κ3) is 2.74. The van der Waals surface area contributed by atoms with E-state index in [1.54, 1.807) is 31.4 Å². The maximum absolute atomic E-state index is 12.0. The smallest absolute Gasteiger partial charge is 0.334 e. The van der Waals surface area contributed by atoms with Crippen molar-refractivity contribution in [3.05, 3.63) is 81.9 Å². The molecule has 0 N–H and O–H groups in total. The number of carbonyl (C=O) groups excluding carboxylic acids is 1. The summed E-state index contributed by atoms with van der Waals surface area (Å²) < 4.78 is 10.6. The Morgan fingerprint density at radius 1 is 1.08 bits per heavy atom. The number of esters is 1. The predicted octanol–water partition coefficient (Wildman–Crippen LogP) is 3.54. The Bertz CT molecular complexity index is 795. The third-order valence-electron chi connectivity index (χ3n) is 4.08. The van der Waals surface area contributed by atoms with Crippen LogP contribution in [-0.4, -0.2) is 18.0 Å². The Morgan fingerprint density at radius 2 is 1.67 bits per heavy atom. The molecular formula is C18H15NO5. The highest BCUT2D eigenvalue weighted by molar-refractivity contribution is 5.92. The molecule has 6 heteroatoms. The first-order valence-corrected chi connectivity index (χ1v) is 7.29. The highest BCUT2D eigenvalue weighted by Gasteiger charge is 2.40. The van der Waals surface area contributed by atoms with Crippen molar-refractivity contribution < 1.29 is 19.2 Å². The summed E-state index contributed by atoms with van der Waals surface area (Å²) in [7, 11) is 1.58. The zero-order valence-corrected chi connectivity index (χ0v) is 13.0. The van der Waals surface area contributed by atoms with Gasteiger partial charge in [0.1, 0.15) is 11.9 Å². The minimum atomic E-state index is -0.556. The summed E-state index contributed by atoms with van der Waals surface area (Å²) in [6.45, 7) is 3.84. The second-order valence-electron chi connectivity index (χ2n) is 5.45. The first-order valence-electron chi connectivity index (χ1n) is 7.29. The van der Waals surface area contributed by atoms with E-state index in [-0.39, 0.29) is 11.6 Å². The Morgan fingerprint density at radius 3 is 2.21 bits per heavy atom. The second-order valence-corrected chi connectivity index (χ2v) is 5.45. The lowest BCUT2D eigenvalue weighted by atomic mass is 9.86. The largest absolute Gasteiger partial charge is 0.497 e. The molecule has 24 heavy (non-hydrogen) atoms. The van der Waals surface area contributed by atoms with Gasteiger partial charge in [-0.15, -0.1) is 0 Å². The predicted molar refractivity (Wildman–Crippen MR) is 86.8 cm³/mol. The molecule has 0 amide bonds. The van der Waals surface area contributed by atoms with Crippen LogP contribution < -0.4 is 4.74 Å². The molecule has 0 spiro atoms. The molecule has 2 aromatic rings. The fraction of sp³-hybridized carbons (Fsp3) is 0.167. The van der Waals surface area contributed by atoms with Gasteiger partial charge in [-0.3, -0.25) is 10.1 Å². The van der Waals surface area contributed by atoms with Gasteiger partial charge in [-0.1, -0.05) is 18.7 Å². The van der Waals surface area contributed by atoms with Gasteiger partial charge in [0.2, 0.25) is 0 Å². The van der Waals surface area contributed by atoms with E-state index in [9.17, 15) is 14.9 Å². The van der Waals surface area contributed by atoms with Crippen molar-refractivity contribution in [3.63, 3.8) is 0 Å². The van der Waals surface area contributed by atoms with Crippen molar-refractivity contribution in [3.8, 4) is 5.75 Å². The lowest BCUT2D eigenvalue weighted by molar-refractivity contribution is -0.384. The fourth-order valence-electron chi connectivity index (χ4n) is 2.80. The highest BCUT2D eigenvalue weighted by atomic mass is 16.6. The molecule has 2 aromatic carbocycles. The molecule has 1 aliphatic rings. The molecule has 0 saturated carbocycles. The number of non-ortho nitro benzene ring substituents is 1. The van der Waals surface area contributed by atoms with Crippen molar-refractivity contribution in [2.75, 3.05) is 7.11 Å². The van der Waals surface area contributed by atoms with Crippen molar-refractivity contribution >= 4 is 11.7 Å². The molecule has 0 unspecified atom stereocenters. The standard InChI is InChI=1S/C18H15NO5/c1-11-16(12-5-9-15(23-2)10-6-12)17(24-18(11)20)13-3-7-14(8-4-13)19(21)22/h3-10,16-17H,1H2,2H3/t16-,17+/m1/s1. The number of nitro groups is 1. The van der Waals surface area contributed by atoms with Gasteiger partial charge < -0.3 is 9.47 Å². The number of hydrogen-bond donors (Lipinski definition) is 0. The van der Waals surface area contributed by atoms with Crippen molar-refractivity contribution in [1.82, 2.24) is 0 Å². The van der Waals surface area contributed by atoms with E-state index >= 15 is 0 Å². The molecule has 0 bridgehead atoms. The van der Waals surface area contributed by atoms with Gasteiger partial charge in [0.05, 0.1) is 18.0 Å². The van der Waals surface area contributed by atoms with Crippen molar-refractivity contribution in [1.29, 1.82) is 0 Å². The second kappa shape index (κ2) is 6.16. The molecule has 0 aliphatic carbocycles. The average molecular weight is 325 g/mol. The highest BCUT2D eigenvalue weighted by Crippen LogP contribution is 2.45. The van der Waals surface area contributed by atoms with E-state index in [0.29, 0.717) is 16.9 Å². The van der Waals surface area contributed by atoms with Crippen LogP contribution in [0.1, 0.15) is 23.1 Å². The number of cyclic esters (lactones) is 1. The van der Waals surface area contributed by atoms with E-state index in [1.807, 2.05) is 12.1 Å². The van der Waals surface area contributed by atoms with Crippen LogP contribution in [0.4, 0.5) is 5.69 Å². The van der Waals surface area contributed by atoms with Gasteiger partial charge in [-0.2, -0.15) is 0 Å². The van der Waals surface area contributed by atoms with Gasteiger partial charge in [0.25, 0.3) is 5.69 Å². The zero-order valence-electron chi connectivity index (χ0n) is 13.0. The average Bonchev–Trinajstić information content (AvgIpc) is 2.90. The molecule has 2 atom stereocenters. The van der Waals surface area contributed by atoms with E-state index in [2.05, 4.69) is 6.58 Å². The number of nitrogens with zero attached hydrogens (tertiary/aromatic N) is 1. The Kier molecular flexibility index (Phi) is 4.04. The summed E-state index contributed by atoms with van der Waals surface area (Å²) in [6.07, 6.45) is -0.556. The van der Waals surface area contributed by atoms with E-state index in [1.165, 1.54) is 12.1 Å². The lowest BCUT2D eigenvalue weighted by Gasteiger charge is -2.18. The van der Waals surface area contributed by atoms with E-state index < -0.39 is 17.0 Å². The van der Waals surface area contributed by atoms with Crippen molar-refractivity contribution in [2.24, 2.45) is 0 Å². The molecule has 1 heterocycles. The fourth-order valence-corrected chi connectivity index (χ4v) is 2.80. The van der Waals surface area contributed by atoms with Crippen LogP contribution in [-0.2, 0) is 9.53 Å². The summed E-state index contributed by atoms with van der Waals surface area (Å²) in [5, 5.41) is 10.8. The first kappa shape index (κ1) is 15.7. The van der Waals surface area contributed by atoms with Gasteiger partial charge in [-0.05, 0) is 35.4 Å². The number of rotatable bonds is 4. The van der Waals surface area contributed by atoms with Gasteiger partial charge in [0, 0.05) is 17.7 Å². The summed E-state index contributed by atoms with van der Waals surface area (Å²) in [6, 6.07) is 13.3. The van der Waals surface area contributed by atoms with Crippen LogP contribution in [0.2, 0.25) is 0 Å². The molecule has 0 aromatic heterocycles. The zero-order chi connectivity index (χ0) is 17.3. The monoisotopic (exact) mass is 325 g/mol. The van der Waals surface area contributed by atoms with Crippen LogP contribution in [0.5, 0.6) is 5.75 Å². The molecular weight excluding hydrogens is 310 g/mol. The summed E-state index contributed by atoms with van der Waals surface area (Å²) in [5.41, 5.74) is 1.91. The number of ether oxygens (including phenoxy) is 2. The van der Waals surface area contributed by atoms with E-state index in [4.69, 9.17) is 9.47 Å². The molecule has 1 aliphatic heterocycles. The summed E-state index contributed by atoms with van der Waals surface area (Å²) in [5.74, 6) is -0.0921. The Labute approximate surface area is 138 Å². The Balaban J connectivity index is 1.96. The van der Waals surface area contributed by atoms with Crippen LogP contribution in [0, 0.1) is 10.1 Å². The number of nitro benzene ring substituents is 1. The summed E-state index contributed by atoms with van der Waals surface area (Å²) in [4.78, 5) is 22.3. The van der Waals surface area contributed by atoms with Crippen LogP contribution in [0.3, 0.4) is 0 Å². The van der Waals surface area contributed by atoms with Gasteiger partial charge in [-0.25, -0.2) is 4.79 Å². The topological polar surface area (TPSA) is 78.7 Å². The maximum atomic E-state index is 12.0.